The molecule has 3 aliphatic heterocycles. The summed E-state index contributed by atoms with van der Waals surface area (Å²) in [6, 6.07) is 18.3. The van der Waals surface area contributed by atoms with E-state index in [4.69, 9.17) is 11.6 Å². The fourth-order valence-electron chi connectivity index (χ4n) is 5.72. The summed E-state index contributed by atoms with van der Waals surface area (Å²) in [6.07, 6.45) is 4.85. The van der Waals surface area contributed by atoms with E-state index in [9.17, 15) is 29.3 Å². The lowest BCUT2D eigenvalue weighted by atomic mass is 9.85. The van der Waals surface area contributed by atoms with Crippen LogP contribution in [0.5, 0.6) is 0 Å². The first-order chi connectivity index (χ1) is 19.3. The van der Waals surface area contributed by atoms with Gasteiger partial charge in [0.15, 0.2) is 11.6 Å². The first-order valence-corrected chi connectivity index (χ1v) is 12.8. The van der Waals surface area contributed by atoms with Crippen molar-refractivity contribution in [1.82, 2.24) is 4.90 Å². The number of allylic oxidation sites excluding steroid dienone is 2. The second-order valence-corrected chi connectivity index (χ2v) is 10.2. The molecule has 9 nitrogen and oxygen atoms in total. The number of nitro benzene ring substituents is 1. The summed E-state index contributed by atoms with van der Waals surface area (Å²) in [4.78, 5) is 68.0. The van der Waals surface area contributed by atoms with E-state index in [0.717, 1.165) is 4.90 Å². The van der Waals surface area contributed by atoms with Crippen LogP contribution in [0.2, 0.25) is 5.02 Å². The smallest absolute Gasteiger partial charge is 0.269 e. The normalized spacial score (nSPS) is 23.1. The molecular formula is C30H20ClN3O6. The molecule has 0 N–H and O–H groups in total. The van der Waals surface area contributed by atoms with Crippen LogP contribution in [0.25, 0.3) is 0 Å². The molecule has 4 atom stereocenters. The maximum absolute atomic E-state index is 13.9. The number of ketones is 2. The quantitative estimate of drug-likeness (QED) is 0.189. The molecule has 0 unspecified atom stereocenters. The van der Waals surface area contributed by atoms with E-state index in [1.54, 1.807) is 77.8 Å². The minimum absolute atomic E-state index is 0.176. The summed E-state index contributed by atoms with van der Waals surface area (Å²) < 4.78 is 0. The third kappa shape index (κ3) is 4.02. The highest BCUT2D eigenvalue weighted by Crippen LogP contribution is 2.47. The zero-order valence-corrected chi connectivity index (χ0v) is 21.5. The third-order valence-electron chi connectivity index (χ3n) is 7.56. The van der Waals surface area contributed by atoms with Crippen molar-refractivity contribution in [2.75, 3.05) is 4.90 Å². The Kier molecular flexibility index (Phi) is 6.15. The topological polar surface area (TPSA) is 118 Å². The lowest BCUT2D eigenvalue weighted by molar-refractivity contribution is -0.384. The van der Waals surface area contributed by atoms with Crippen LogP contribution in [0.3, 0.4) is 0 Å². The van der Waals surface area contributed by atoms with Crippen LogP contribution in [0.15, 0.2) is 103 Å². The fourth-order valence-corrected chi connectivity index (χ4v) is 5.84. The van der Waals surface area contributed by atoms with Gasteiger partial charge in [0, 0.05) is 40.1 Å². The first-order valence-electron chi connectivity index (χ1n) is 12.5. The molecule has 0 saturated carbocycles. The van der Waals surface area contributed by atoms with Crippen molar-refractivity contribution in [3.63, 3.8) is 0 Å². The van der Waals surface area contributed by atoms with Crippen molar-refractivity contribution in [1.29, 1.82) is 0 Å². The summed E-state index contributed by atoms with van der Waals surface area (Å²) in [5, 5.41) is 11.6. The van der Waals surface area contributed by atoms with Gasteiger partial charge in [0.05, 0.1) is 28.5 Å². The summed E-state index contributed by atoms with van der Waals surface area (Å²) in [6.45, 7) is 0. The van der Waals surface area contributed by atoms with Crippen molar-refractivity contribution in [3.8, 4) is 0 Å². The number of imide groups is 1. The molecule has 0 bridgehead atoms. The highest BCUT2D eigenvalue weighted by molar-refractivity contribution is 6.30. The molecule has 3 aliphatic rings. The zero-order valence-electron chi connectivity index (χ0n) is 20.7. The molecule has 0 aromatic heterocycles. The Bertz CT molecular complexity index is 1630. The lowest BCUT2D eigenvalue weighted by Gasteiger charge is -2.32. The summed E-state index contributed by atoms with van der Waals surface area (Å²) in [5.41, 5.74) is 1.13. The predicted octanol–water partition coefficient (Wildman–Crippen LogP) is 4.63. The van der Waals surface area contributed by atoms with Gasteiger partial charge in [-0.05, 0) is 42.5 Å². The number of rotatable bonds is 6. The van der Waals surface area contributed by atoms with Crippen LogP contribution in [0.4, 0.5) is 11.4 Å². The van der Waals surface area contributed by atoms with Crippen molar-refractivity contribution < 1.29 is 24.1 Å². The van der Waals surface area contributed by atoms with Gasteiger partial charge in [0.2, 0.25) is 11.8 Å². The molecule has 0 spiro atoms. The lowest BCUT2D eigenvalue weighted by Crippen LogP contribution is -2.46. The van der Waals surface area contributed by atoms with Gasteiger partial charge >= 0.3 is 0 Å². The number of halogens is 1. The number of nitrogens with zero attached hydrogens (tertiary/aromatic N) is 3. The van der Waals surface area contributed by atoms with Crippen LogP contribution >= 0.6 is 11.6 Å². The Hall–Kier alpha value is -4.89. The summed E-state index contributed by atoms with van der Waals surface area (Å²) in [5.74, 6) is -3.72. The van der Waals surface area contributed by atoms with Gasteiger partial charge in [0.25, 0.3) is 5.69 Å². The largest absolute Gasteiger partial charge is 0.359 e. The molecule has 0 aliphatic carbocycles. The van der Waals surface area contributed by atoms with Crippen LogP contribution in [0, 0.1) is 22.0 Å². The molecule has 3 aromatic rings. The predicted molar refractivity (Wildman–Crippen MR) is 146 cm³/mol. The van der Waals surface area contributed by atoms with Crippen LogP contribution < -0.4 is 4.90 Å². The number of carbonyl (C=O) groups excluding carboxylic acids is 4. The number of non-ortho nitro benzene ring substituents is 1. The van der Waals surface area contributed by atoms with Crippen LogP contribution in [0.1, 0.15) is 20.7 Å². The van der Waals surface area contributed by atoms with E-state index in [0.29, 0.717) is 21.7 Å². The molecule has 2 amide bonds. The van der Waals surface area contributed by atoms with Crippen LogP contribution in [-0.2, 0) is 9.59 Å². The Morgan fingerprint density at radius 1 is 0.825 bits per heavy atom. The molecule has 6 rings (SSSR count). The number of hydrogen-bond donors (Lipinski definition) is 0. The minimum atomic E-state index is -1.04. The molecule has 40 heavy (non-hydrogen) atoms. The molecule has 2 fully saturated rings. The van der Waals surface area contributed by atoms with E-state index < -0.39 is 40.7 Å². The fraction of sp³-hybridized carbons (Fsp3) is 0.133. The van der Waals surface area contributed by atoms with Gasteiger partial charge in [0.1, 0.15) is 6.04 Å². The maximum atomic E-state index is 13.9. The Balaban J connectivity index is 1.42. The number of nitro groups is 1. The number of fused-ring (bicyclic) bond motifs is 3. The number of Topliss-reactive ketones (excluding diaryl/α,β-unsaturated/α-hetero) is 2. The number of amides is 2. The molecule has 2 saturated heterocycles. The maximum Gasteiger partial charge on any atom is 0.269 e. The SMILES string of the molecule is O=C(C1=C[C@@H]2[C@@H]3C(=O)N(c4ccc([N+](=O)[O-])cc4)C(=O)[C@H]3[C@@H](C(=O)c3ccc(Cl)cc3)N2C=C1)c1ccccc1. The second-order valence-electron chi connectivity index (χ2n) is 9.72. The highest BCUT2D eigenvalue weighted by atomic mass is 35.5. The number of anilines is 1. The van der Waals surface area contributed by atoms with Gasteiger partial charge in [-0.2, -0.15) is 0 Å². The van der Waals surface area contributed by atoms with E-state index >= 15 is 0 Å². The zero-order chi connectivity index (χ0) is 28.1. The Labute approximate surface area is 233 Å². The molecule has 3 aromatic carbocycles. The van der Waals surface area contributed by atoms with Gasteiger partial charge in [-0.25, -0.2) is 4.90 Å². The van der Waals surface area contributed by atoms with Gasteiger partial charge in [-0.15, -0.1) is 0 Å². The first kappa shape index (κ1) is 25.4. The van der Waals surface area contributed by atoms with Crippen molar-refractivity contribution in [2.24, 2.45) is 11.8 Å². The molecule has 10 heteroatoms. The molecule has 198 valence electrons. The van der Waals surface area contributed by atoms with E-state index in [-0.39, 0.29) is 22.9 Å². The minimum Gasteiger partial charge on any atom is -0.359 e. The third-order valence-corrected chi connectivity index (χ3v) is 7.81. The summed E-state index contributed by atoms with van der Waals surface area (Å²) >= 11 is 6.01. The Morgan fingerprint density at radius 2 is 1.48 bits per heavy atom. The molecule has 0 radical (unpaired) electrons. The van der Waals surface area contributed by atoms with Crippen molar-refractivity contribution >= 4 is 46.4 Å². The monoisotopic (exact) mass is 553 g/mol. The van der Waals surface area contributed by atoms with Gasteiger partial charge in [-0.1, -0.05) is 48.0 Å². The second kappa shape index (κ2) is 9.69. The number of hydrogen-bond acceptors (Lipinski definition) is 7. The Morgan fingerprint density at radius 3 is 2.12 bits per heavy atom. The van der Waals surface area contributed by atoms with E-state index in [1.165, 1.54) is 24.3 Å². The molecular weight excluding hydrogens is 534 g/mol. The molecule has 3 heterocycles. The standard InChI is InChI=1S/C30H20ClN3O6/c31-20-8-6-18(7-9-20)28(36)26-25-24(29(37)33(30(25)38)21-10-12-22(13-11-21)34(39)40)23-16-19(14-15-32(23)26)27(35)17-4-2-1-3-5-17/h1-16,23-26H/t23-,24+,25-,26+/m1/s1. The van der Waals surface area contributed by atoms with E-state index in [2.05, 4.69) is 0 Å². The average molecular weight is 554 g/mol. The van der Waals surface area contributed by atoms with Crippen molar-refractivity contribution in [3.05, 3.63) is 129 Å². The van der Waals surface area contributed by atoms with Crippen LogP contribution in [-0.4, -0.2) is 45.3 Å². The number of benzene rings is 3. The average Bonchev–Trinajstić information content (AvgIpc) is 3.44. The van der Waals surface area contributed by atoms with Gasteiger partial charge < -0.3 is 4.90 Å². The van der Waals surface area contributed by atoms with Gasteiger partial charge in [-0.3, -0.25) is 29.3 Å². The van der Waals surface area contributed by atoms with E-state index in [1.807, 2.05) is 0 Å². The number of carbonyl (C=O) groups is 4. The van der Waals surface area contributed by atoms with Crippen molar-refractivity contribution in [2.45, 2.75) is 12.1 Å². The summed E-state index contributed by atoms with van der Waals surface area (Å²) in [7, 11) is 0. The highest BCUT2D eigenvalue weighted by Gasteiger charge is 2.63.